The standard InChI is InChI=1S/C20H19F3N4O2/c1-11-5-6-13(12(2)8-11)25-19(28)15-10-18-24-14(16-4-3-7-29-16)9-17(20(21,22)23)27(18)26-15/h3-8,10,14,17,24H,9H2,1-2H3,(H,25,28)/t14-,17+/m0/s1. The summed E-state index contributed by atoms with van der Waals surface area (Å²) in [5.41, 5.74) is 2.38. The van der Waals surface area contributed by atoms with Gasteiger partial charge >= 0.3 is 6.18 Å². The van der Waals surface area contributed by atoms with E-state index in [0.29, 0.717) is 11.4 Å². The molecule has 0 saturated heterocycles. The highest BCUT2D eigenvalue weighted by Crippen LogP contribution is 2.43. The Bertz CT molecular complexity index is 1040. The van der Waals surface area contributed by atoms with Crippen molar-refractivity contribution in [3.05, 3.63) is 65.2 Å². The lowest BCUT2D eigenvalue weighted by atomic mass is 10.0. The highest BCUT2D eigenvalue weighted by molar-refractivity contribution is 6.03. The van der Waals surface area contributed by atoms with Gasteiger partial charge in [0.15, 0.2) is 11.7 Å². The molecule has 0 spiro atoms. The van der Waals surface area contributed by atoms with Gasteiger partial charge < -0.3 is 15.1 Å². The Morgan fingerprint density at radius 2 is 2.07 bits per heavy atom. The van der Waals surface area contributed by atoms with Gasteiger partial charge in [-0.1, -0.05) is 17.7 Å². The van der Waals surface area contributed by atoms with Crippen molar-refractivity contribution >= 4 is 17.4 Å². The molecule has 2 aromatic heterocycles. The van der Waals surface area contributed by atoms with Gasteiger partial charge in [-0.3, -0.25) is 4.79 Å². The third-order valence-corrected chi connectivity index (χ3v) is 4.94. The number of hydrogen-bond donors (Lipinski definition) is 2. The van der Waals surface area contributed by atoms with Crippen LogP contribution in [-0.4, -0.2) is 21.9 Å². The molecular weight excluding hydrogens is 385 g/mol. The van der Waals surface area contributed by atoms with Gasteiger partial charge in [0, 0.05) is 18.2 Å². The van der Waals surface area contributed by atoms with Crippen molar-refractivity contribution < 1.29 is 22.4 Å². The number of benzene rings is 1. The van der Waals surface area contributed by atoms with Crippen molar-refractivity contribution in [2.24, 2.45) is 0 Å². The van der Waals surface area contributed by atoms with Crippen LogP contribution in [0.5, 0.6) is 0 Å². The number of amides is 1. The van der Waals surface area contributed by atoms with Crippen LogP contribution in [0.1, 0.15) is 45.9 Å². The maximum Gasteiger partial charge on any atom is 0.410 e. The maximum absolute atomic E-state index is 13.7. The summed E-state index contributed by atoms with van der Waals surface area (Å²) in [6, 6.07) is 7.53. The van der Waals surface area contributed by atoms with Crippen molar-refractivity contribution in [2.45, 2.75) is 38.5 Å². The van der Waals surface area contributed by atoms with E-state index in [1.165, 1.54) is 12.3 Å². The molecule has 3 heterocycles. The molecule has 1 amide bonds. The summed E-state index contributed by atoms with van der Waals surface area (Å²) in [6.07, 6.45) is -3.40. The third-order valence-electron chi connectivity index (χ3n) is 4.94. The molecule has 6 nitrogen and oxygen atoms in total. The minimum Gasteiger partial charge on any atom is -0.467 e. The van der Waals surface area contributed by atoms with Crippen LogP contribution in [0.15, 0.2) is 47.1 Å². The molecule has 1 aliphatic heterocycles. The lowest BCUT2D eigenvalue weighted by Gasteiger charge is -2.32. The summed E-state index contributed by atoms with van der Waals surface area (Å²) in [7, 11) is 0. The number of nitrogens with zero attached hydrogens (tertiary/aromatic N) is 2. The van der Waals surface area contributed by atoms with E-state index >= 15 is 0 Å². The summed E-state index contributed by atoms with van der Waals surface area (Å²) < 4.78 is 47.1. The van der Waals surface area contributed by atoms with Crippen LogP contribution in [0.3, 0.4) is 0 Å². The summed E-state index contributed by atoms with van der Waals surface area (Å²) >= 11 is 0. The molecule has 9 heteroatoms. The van der Waals surface area contributed by atoms with E-state index in [1.54, 1.807) is 18.2 Å². The predicted molar refractivity (Wildman–Crippen MR) is 101 cm³/mol. The fourth-order valence-electron chi connectivity index (χ4n) is 3.50. The molecule has 0 radical (unpaired) electrons. The SMILES string of the molecule is Cc1ccc(NC(=O)c2cc3n(n2)[C@@H](C(F)(F)F)C[C@@H](c2ccco2)N3)c(C)c1. The van der Waals surface area contributed by atoms with Gasteiger partial charge in [0.25, 0.3) is 5.91 Å². The van der Waals surface area contributed by atoms with Crippen molar-refractivity contribution in [1.29, 1.82) is 0 Å². The first-order chi connectivity index (χ1) is 13.7. The quantitative estimate of drug-likeness (QED) is 0.644. The van der Waals surface area contributed by atoms with Crippen LogP contribution >= 0.6 is 0 Å². The normalized spacial score (nSPS) is 18.8. The maximum atomic E-state index is 13.7. The largest absolute Gasteiger partial charge is 0.467 e. The van der Waals surface area contributed by atoms with E-state index in [9.17, 15) is 18.0 Å². The van der Waals surface area contributed by atoms with Crippen LogP contribution in [0.25, 0.3) is 0 Å². The summed E-state index contributed by atoms with van der Waals surface area (Å²) in [6.45, 7) is 3.77. The van der Waals surface area contributed by atoms with Crippen molar-refractivity contribution in [3.8, 4) is 0 Å². The Hall–Kier alpha value is -3.23. The number of furan rings is 1. The molecule has 4 rings (SSSR count). The number of aromatic nitrogens is 2. The van der Waals surface area contributed by atoms with E-state index in [4.69, 9.17) is 4.42 Å². The van der Waals surface area contributed by atoms with Crippen LogP contribution in [0.2, 0.25) is 0 Å². The van der Waals surface area contributed by atoms with Gasteiger partial charge in [-0.05, 0) is 37.6 Å². The number of rotatable bonds is 3. The second-order valence-corrected chi connectivity index (χ2v) is 7.14. The van der Waals surface area contributed by atoms with Crippen molar-refractivity contribution in [3.63, 3.8) is 0 Å². The number of alkyl halides is 3. The molecule has 0 fully saturated rings. The average Bonchev–Trinajstić information content (AvgIpc) is 3.31. The number of aryl methyl sites for hydroxylation is 2. The zero-order chi connectivity index (χ0) is 20.8. The Labute approximate surface area is 164 Å². The van der Waals surface area contributed by atoms with Gasteiger partial charge in [0.05, 0.1) is 12.3 Å². The number of hydrogen-bond acceptors (Lipinski definition) is 4. The smallest absolute Gasteiger partial charge is 0.410 e. The number of nitrogens with one attached hydrogen (secondary N) is 2. The molecule has 0 saturated carbocycles. The molecule has 1 aliphatic rings. The fraction of sp³-hybridized carbons (Fsp3) is 0.300. The number of halogens is 3. The average molecular weight is 404 g/mol. The first-order valence-corrected chi connectivity index (χ1v) is 9.07. The Kier molecular flexibility index (Phi) is 4.60. The first kappa shape index (κ1) is 19.1. The van der Waals surface area contributed by atoms with Gasteiger partial charge in [0.1, 0.15) is 11.6 Å². The summed E-state index contributed by atoms with van der Waals surface area (Å²) in [4.78, 5) is 12.6. The van der Waals surface area contributed by atoms with Crippen molar-refractivity contribution in [1.82, 2.24) is 9.78 Å². The summed E-state index contributed by atoms with van der Waals surface area (Å²) in [5, 5.41) is 9.65. The Morgan fingerprint density at radius 1 is 1.28 bits per heavy atom. The highest BCUT2D eigenvalue weighted by Gasteiger charge is 2.47. The number of anilines is 2. The molecule has 2 atom stereocenters. The molecule has 29 heavy (non-hydrogen) atoms. The van der Waals surface area contributed by atoms with Gasteiger partial charge in [0.2, 0.25) is 0 Å². The Morgan fingerprint density at radius 3 is 2.72 bits per heavy atom. The first-order valence-electron chi connectivity index (χ1n) is 9.07. The zero-order valence-corrected chi connectivity index (χ0v) is 15.7. The summed E-state index contributed by atoms with van der Waals surface area (Å²) in [5.74, 6) is -0.0603. The number of carbonyl (C=O) groups is 1. The van der Waals surface area contributed by atoms with E-state index in [2.05, 4.69) is 15.7 Å². The van der Waals surface area contributed by atoms with Crippen LogP contribution in [0, 0.1) is 13.8 Å². The Balaban J connectivity index is 1.64. The van der Waals surface area contributed by atoms with Crippen LogP contribution in [-0.2, 0) is 0 Å². The molecule has 1 aromatic carbocycles. The fourth-order valence-corrected chi connectivity index (χ4v) is 3.50. The second-order valence-electron chi connectivity index (χ2n) is 7.14. The monoisotopic (exact) mass is 404 g/mol. The molecule has 2 N–H and O–H groups in total. The lowest BCUT2D eigenvalue weighted by Crippen LogP contribution is -2.35. The van der Waals surface area contributed by atoms with E-state index in [0.717, 1.165) is 15.8 Å². The van der Waals surface area contributed by atoms with Crippen LogP contribution < -0.4 is 10.6 Å². The minimum absolute atomic E-state index is 0.0955. The van der Waals surface area contributed by atoms with Crippen molar-refractivity contribution in [2.75, 3.05) is 10.6 Å². The van der Waals surface area contributed by atoms with E-state index in [-0.39, 0.29) is 17.9 Å². The minimum atomic E-state index is -4.52. The van der Waals surface area contributed by atoms with Crippen LogP contribution in [0.4, 0.5) is 24.7 Å². The highest BCUT2D eigenvalue weighted by atomic mass is 19.4. The van der Waals surface area contributed by atoms with E-state index < -0.39 is 24.2 Å². The van der Waals surface area contributed by atoms with Gasteiger partial charge in [-0.25, -0.2) is 4.68 Å². The molecule has 0 bridgehead atoms. The van der Waals surface area contributed by atoms with Gasteiger partial charge in [-0.15, -0.1) is 0 Å². The second kappa shape index (κ2) is 6.98. The lowest BCUT2D eigenvalue weighted by molar-refractivity contribution is -0.174. The van der Waals surface area contributed by atoms with Gasteiger partial charge in [-0.2, -0.15) is 18.3 Å². The molecular formula is C20H19F3N4O2. The molecule has 0 unspecified atom stereocenters. The number of fused-ring (bicyclic) bond motifs is 1. The van der Waals surface area contributed by atoms with E-state index in [1.807, 2.05) is 26.0 Å². The number of carbonyl (C=O) groups excluding carboxylic acids is 1. The predicted octanol–water partition coefficient (Wildman–Crippen LogP) is 5.01. The molecule has 0 aliphatic carbocycles. The third kappa shape index (κ3) is 3.72. The molecule has 3 aromatic rings. The molecule has 152 valence electrons. The zero-order valence-electron chi connectivity index (χ0n) is 15.7. The topological polar surface area (TPSA) is 72.1 Å².